The van der Waals surface area contributed by atoms with Gasteiger partial charge in [-0.15, -0.1) is 4.08 Å². The first-order chi connectivity index (χ1) is 15.6. The summed E-state index contributed by atoms with van der Waals surface area (Å²) in [5.74, 6) is 0.807. The second-order valence-electron chi connectivity index (χ2n) is 8.18. The van der Waals surface area contributed by atoms with Gasteiger partial charge in [0.2, 0.25) is 10.0 Å². The maximum atomic E-state index is 13.8. The van der Waals surface area contributed by atoms with Gasteiger partial charge in [0.05, 0.1) is 11.9 Å². The summed E-state index contributed by atoms with van der Waals surface area (Å²) in [7, 11) is -2.09. The summed E-state index contributed by atoms with van der Waals surface area (Å²) in [6, 6.07) is 9.65. The van der Waals surface area contributed by atoms with Crippen LogP contribution in [-0.4, -0.2) is 48.0 Å². The molecule has 0 aliphatic rings. The van der Waals surface area contributed by atoms with Crippen molar-refractivity contribution >= 4 is 44.0 Å². The van der Waals surface area contributed by atoms with Crippen LogP contribution in [0.4, 0.5) is 0 Å². The molecule has 0 radical (unpaired) electrons. The summed E-state index contributed by atoms with van der Waals surface area (Å²) in [4.78, 5) is 0.298. The molecule has 0 spiro atoms. The summed E-state index contributed by atoms with van der Waals surface area (Å²) in [5.41, 5.74) is 0. The molecular formula is C23H42BrN2O4PS2. The second-order valence-corrected chi connectivity index (χ2v) is 16.9. The molecular weight excluding hydrogens is 543 g/mol. The number of ether oxygens (including phenoxy) is 1. The molecule has 1 rings (SSSR count). The van der Waals surface area contributed by atoms with Crippen LogP contribution in [0.15, 0.2) is 30.3 Å². The molecule has 0 fully saturated rings. The van der Waals surface area contributed by atoms with Gasteiger partial charge in [-0.3, -0.25) is 4.57 Å². The van der Waals surface area contributed by atoms with E-state index in [0.29, 0.717) is 24.1 Å². The van der Waals surface area contributed by atoms with Crippen LogP contribution in [0.2, 0.25) is 0 Å². The zero-order chi connectivity index (χ0) is 24.9. The Bertz CT molecular complexity index is 814. The van der Waals surface area contributed by atoms with Gasteiger partial charge in [0.1, 0.15) is 5.75 Å². The number of alkyl halides is 1. The van der Waals surface area contributed by atoms with Gasteiger partial charge in [0, 0.05) is 16.6 Å². The van der Waals surface area contributed by atoms with E-state index >= 15 is 0 Å². The van der Waals surface area contributed by atoms with E-state index in [2.05, 4.69) is 34.9 Å². The number of halogens is 1. The molecule has 1 N–H and O–H groups in total. The van der Waals surface area contributed by atoms with Gasteiger partial charge in [0.15, 0.2) is 0 Å². The van der Waals surface area contributed by atoms with Crippen LogP contribution < -0.4 is 9.82 Å². The fraction of sp³-hybridized carbons (Fsp3) is 0.739. The number of sulfonamides is 1. The zero-order valence-electron chi connectivity index (χ0n) is 20.7. The summed E-state index contributed by atoms with van der Waals surface area (Å²) >= 11 is 4.82. The van der Waals surface area contributed by atoms with E-state index in [1.165, 1.54) is 15.5 Å². The average molecular weight is 586 g/mol. The topological polar surface area (TPSA) is 75.7 Å². The zero-order valence-corrected chi connectivity index (χ0v) is 24.8. The largest absolute Gasteiger partial charge is 0.490 e. The third-order valence-corrected chi connectivity index (χ3v) is 15.4. The minimum Gasteiger partial charge on any atom is -0.490 e. The lowest BCUT2D eigenvalue weighted by Gasteiger charge is -2.31. The lowest BCUT2D eigenvalue weighted by atomic mass is 10.1. The Morgan fingerprint density at radius 3 is 2.30 bits per heavy atom. The van der Waals surface area contributed by atoms with Gasteiger partial charge in [-0.25, -0.2) is 13.5 Å². The highest BCUT2D eigenvalue weighted by molar-refractivity contribution is 9.09. The van der Waals surface area contributed by atoms with Crippen LogP contribution in [0, 0.1) is 0 Å². The standard InChI is InChI=1S/C23H42BrN2O4PS2/c1-6-20(4)32-31(27,25-5)26(33(28,29)19-13-14-21(24)7-2)18-12-17-22(8-3)30-23-15-10-9-11-16-23/h9-11,15-16,20-22H,6-8,12-14,17-19H2,1-5H3,(H,25,27). The van der Waals surface area contributed by atoms with Crippen LogP contribution in [0.1, 0.15) is 72.6 Å². The van der Waals surface area contributed by atoms with Gasteiger partial charge in [-0.1, -0.05) is 73.2 Å². The number of hydrogen-bond donors (Lipinski definition) is 1. The third kappa shape index (κ3) is 11.0. The van der Waals surface area contributed by atoms with E-state index in [4.69, 9.17) is 4.74 Å². The van der Waals surface area contributed by atoms with Crippen molar-refractivity contribution in [1.29, 1.82) is 0 Å². The smallest absolute Gasteiger partial charge is 0.282 e. The van der Waals surface area contributed by atoms with Crippen LogP contribution >= 0.6 is 34.0 Å². The van der Waals surface area contributed by atoms with Crippen LogP contribution in [0.25, 0.3) is 0 Å². The molecule has 4 unspecified atom stereocenters. The fourth-order valence-electron chi connectivity index (χ4n) is 3.26. The molecule has 1 aromatic rings. The van der Waals surface area contributed by atoms with Crippen molar-refractivity contribution in [2.24, 2.45) is 0 Å². The molecule has 4 atom stereocenters. The maximum absolute atomic E-state index is 13.8. The fourth-order valence-corrected chi connectivity index (χ4v) is 12.1. The SMILES string of the molecule is CCC(Br)CCCS(=O)(=O)N(CCCC(CC)Oc1ccccc1)P(=O)(NC)SC(C)CC. The van der Waals surface area contributed by atoms with Crippen molar-refractivity contribution in [3.8, 4) is 5.75 Å². The van der Waals surface area contributed by atoms with E-state index in [0.717, 1.165) is 31.4 Å². The normalized spacial score (nSPS) is 16.8. The monoisotopic (exact) mass is 584 g/mol. The Morgan fingerprint density at radius 2 is 1.76 bits per heavy atom. The first kappa shape index (κ1) is 31.0. The van der Waals surface area contributed by atoms with E-state index in [9.17, 15) is 13.0 Å². The first-order valence-electron chi connectivity index (χ1n) is 12.0. The van der Waals surface area contributed by atoms with Gasteiger partial charge in [-0.05, 0) is 64.1 Å². The van der Waals surface area contributed by atoms with Crippen molar-refractivity contribution in [3.63, 3.8) is 0 Å². The lowest BCUT2D eigenvalue weighted by Crippen LogP contribution is -2.35. The van der Waals surface area contributed by atoms with E-state index in [1.54, 1.807) is 7.05 Å². The van der Waals surface area contributed by atoms with Crippen LogP contribution in [0.5, 0.6) is 5.75 Å². The molecule has 0 aliphatic carbocycles. The van der Waals surface area contributed by atoms with Crippen molar-refractivity contribution < 1.29 is 17.7 Å². The maximum Gasteiger partial charge on any atom is 0.282 e. The van der Waals surface area contributed by atoms with Gasteiger partial charge in [-0.2, -0.15) is 0 Å². The number of para-hydroxylation sites is 1. The first-order valence-corrected chi connectivity index (χ1v) is 17.6. The van der Waals surface area contributed by atoms with E-state index in [1.807, 2.05) is 44.2 Å². The van der Waals surface area contributed by atoms with E-state index in [-0.39, 0.29) is 23.7 Å². The molecule has 0 saturated heterocycles. The minimum absolute atomic E-state index is 0.000439. The summed E-state index contributed by atoms with van der Waals surface area (Å²) < 4.78 is 47.9. The summed E-state index contributed by atoms with van der Waals surface area (Å²) in [6.07, 6.45) is 5.13. The number of nitrogens with zero attached hydrogens (tertiary/aromatic N) is 1. The van der Waals surface area contributed by atoms with Crippen molar-refractivity contribution in [2.75, 3.05) is 19.3 Å². The molecule has 33 heavy (non-hydrogen) atoms. The highest BCUT2D eigenvalue weighted by Crippen LogP contribution is 2.61. The molecule has 0 aliphatic heterocycles. The Balaban J connectivity index is 2.95. The number of nitrogens with one attached hydrogen (secondary N) is 1. The Kier molecular flexibility index (Phi) is 14.9. The minimum atomic E-state index is -3.69. The van der Waals surface area contributed by atoms with Crippen LogP contribution in [0.3, 0.4) is 0 Å². The summed E-state index contributed by atoms with van der Waals surface area (Å²) in [5, 5.41) is 2.96. The number of hydrogen-bond acceptors (Lipinski definition) is 5. The molecule has 0 heterocycles. The quantitative estimate of drug-likeness (QED) is 0.147. The third-order valence-electron chi connectivity index (χ3n) is 5.53. The van der Waals surface area contributed by atoms with E-state index < -0.39 is 16.7 Å². The molecule has 0 bridgehead atoms. The molecule has 192 valence electrons. The highest BCUT2D eigenvalue weighted by atomic mass is 79.9. The highest BCUT2D eigenvalue weighted by Gasteiger charge is 2.39. The van der Waals surface area contributed by atoms with Crippen molar-refractivity contribution in [2.45, 2.75) is 88.8 Å². The molecule has 10 heteroatoms. The molecule has 1 aromatic carbocycles. The average Bonchev–Trinajstić information content (AvgIpc) is 2.80. The summed E-state index contributed by atoms with van der Waals surface area (Å²) in [6.45, 7) is 4.99. The number of benzene rings is 1. The Labute approximate surface area is 214 Å². The predicted molar refractivity (Wildman–Crippen MR) is 147 cm³/mol. The predicted octanol–water partition coefficient (Wildman–Crippen LogP) is 7.07. The Morgan fingerprint density at radius 1 is 1.09 bits per heavy atom. The second kappa shape index (κ2) is 15.8. The molecule has 0 amide bonds. The lowest BCUT2D eigenvalue weighted by molar-refractivity contribution is 0.182. The van der Waals surface area contributed by atoms with Crippen molar-refractivity contribution in [3.05, 3.63) is 30.3 Å². The van der Waals surface area contributed by atoms with Crippen LogP contribution in [-0.2, 0) is 14.6 Å². The van der Waals surface area contributed by atoms with Gasteiger partial charge in [0.25, 0.3) is 6.65 Å². The number of rotatable bonds is 18. The van der Waals surface area contributed by atoms with Crippen molar-refractivity contribution in [1.82, 2.24) is 9.16 Å². The Hall–Kier alpha value is -0.0500. The van der Waals surface area contributed by atoms with Gasteiger partial charge < -0.3 is 4.74 Å². The molecule has 6 nitrogen and oxygen atoms in total. The van der Waals surface area contributed by atoms with Gasteiger partial charge >= 0.3 is 0 Å². The molecule has 0 saturated carbocycles. The molecule has 0 aromatic heterocycles.